The smallest absolute Gasteiger partial charge is 0.266 e. The maximum atomic E-state index is 15.0. The number of pyridine rings is 1. The molecule has 6 heterocycles. The number of phenols is 1. The topological polar surface area (TPSA) is 495 Å². The summed E-state index contributed by atoms with van der Waals surface area (Å²) in [5, 5.41) is 124. The Balaban J connectivity index is 0.968. The quantitative estimate of drug-likeness (QED) is 0.0460. The molecule has 538 valence electrons. The normalized spacial score (nSPS) is 28.0. The van der Waals surface area contributed by atoms with Gasteiger partial charge in [-0.25, -0.2) is 4.98 Å². The molecule has 33 nitrogen and oxygen atoms in total. The molecule has 98 heavy (non-hydrogen) atoms. The number of benzene rings is 2. The van der Waals surface area contributed by atoms with Crippen LogP contribution in [0.2, 0.25) is 0 Å². The molecule has 5 fully saturated rings. The molecule has 9 rings (SSSR count). The van der Waals surface area contributed by atoms with Crippen LogP contribution in [-0.4, -0.2) is 281 Å². The molecule has 4 saturated heterocycles. The highest BCUT2D eigenvalue weighted by Crippen LogP contribution is 2.41. The lowest BCUT2D eigenvalue weighted by Crippen LogP contribution is -2.64. The second kappa shape index (κ2) is 33.2. The van der Waals surface area contributed by atoms with Crippen LogP contribution in [0.25, 0.3) is 21.1 Å². The number of aromatic nitrogens is 3. The average Bonchev–Trinajstić information content (AvgIpc) is 1.60. The Morgan fingerprint density at radius 3 is 2.02 bits per heavy atom. The highest BCUT2D eigenvalue weighted by atomic mass is 32.3. The number of aliphatic hydroxyl groups excluding tert-OH is 8. The molecule has 2 aromatic carbocycles. The standard InChI is InChI=1S/C63H89N13O20S2/c1-32-4-12-40(13-5-32)73-18-20-74(21-19-73)49-15-11-38(26-65-49)61-72-71-60(97-61)37-9-7-36(8-10-37)55(86)67-43-24-41(80)27-66-59(90)53-54(85)33(2)28-76(53)63(92)52(46(83)16-17-64-39(30-77)31-78)70-58(89)51(47(84)22-35-6-14-45(82)48(23-35)96-98(93,94)95)69-57(88)44-25-42(81)29-75(44)62(91)50(34(3)79)68-56(43)87/h6-11,14-15,23,26,32-34,39-44,46-47,50-54,64,77-85,93-95H,4-5,12-13,16-22,24-25,27-31H2,1-3H3,(H,66,90)(H,67,86)(H,68,87)(H,69,88)(H,70,89)/t32?,33-,34+,40?,41+,42+,43-,44-,46+,47+,50-,51-,52-,53-,54-/m0/s1. The van der Waals surface area contributed by atoms with Gasteiger partial charge < -0.3 is 96.7 Å². The number of carbonyl (C=O) groups is 7. The number of phenolic OH excluding ortho intramolecular Hbond substituents is 1. The van der Waals surface area contributed by atoms with Crippen LogP contribution in [0.5, 0.6) is 11.5 Å². The first kappa shape index (κ1) is 74.9. The summed E-state index contributed by atoms with van der Waals surface area (Å²) in [5.74, 6) is -8.83. The lowest BCUT2D eigenvalue weighted by atomic mass is 9.86. The van der Waals surface area contributed by atoms with E-state index in [-0.39, 0.29) is 24.2 Å². The lowest BCUT2D eigenvalue weighted by Gasteiger charge is -2.42. The second-order valence-corrected chi connectivity index (χ2v) is 28.1. The van der Waals surface area contributed by atoms with Gasteiger partial charge in [-0.15, -0.1) is 10.2 Å². The Bertz CT molecular complexity index is 3410. The molecule has 13 atom stereocenters. The highest BCUT2D eigenvalue weighted by Gasteiger charge is 2.50. The maximum absolute atomic E-state index is 15.0. The average molecular weight is 1410 g/mol. The third-order valence-electron chi connectivity index (χ3n) is 18.7. The molecule has 0 radical (unpaired) electrons. The molecule has 4 aromatic rings. The van der Waals surface area contributed by atoms with Gasteiger partial charge in [0.05, 0.1) is 55.9 Å². The highest BCUT2D eigenvalue weighted by molar-refractivity contribution is 8.15. The van der Waals surface area contributed by atoms with E-state index in [1.807, 2.05) is 12.1 Å². The van der Waals surface area contributed by atoms with E-state index in [1.54, 1.807) is 18.3 Å². The molecule has 0 unspecified atom stereocenters. The summed E-state index contributed by atoms with van der Waals surface area (Å²) in [6.07, 6.45) is -6.28. The van der Waals surface area contributed by atoms with Crippen LogP contribution in [0, 0.1) is 11.8 Å². The van der Waals surface area contributed by atoms with E-state index >= 15 is 0 Å². The summed E-state index contributed by atoms with van der Waals surface area (Å²) in [6.45, 7) is 5.58. The van der Waals surface area contributed by atoms with Crippen molar-refractivity contribution < 1.29 is 97.4 Å². The summed E-state index contributed by atoms with van der Waals surface area (Å²) in [4.78, 5) is 114. The summed E-state index contributed by atoms with van der Waals surface area (Å²) in [5.41, 5.74) is 1.27. The van der Waals surface area contributed by atoms with Crippen molar-refractivity contribution in [3.8, 4) is 32.6 Å². The predicted molar refractivity (Wildman–Crippen MR) is 353 cm³/mol. The fourth-order valence-electron chi connectivity index (χ4n) is 13.0. The van der Waals surface area contributed by atoms with Crippen molar-refractivity contribution >= 4 is 69.7 Å². The number of carbonyl (C=O) groups excluding carboxylic acids is 7. The Kier molecular flexibility index (Phi) is 25.4. The number of nitrogens with one attached hydrogen (secondary N) is 6. The fourth-order valence-corrected chi connectivity index (χ4v) is 14.2. The van der Waals surface area contributed by atoms with Gasteiger partial charge in [-0.1, -0.05) is 43.4 Å². The van der Waals surface area contributed by atoms with Gasteiger partial charge in [-0.3, -0.25) is 52.1 Å². The largest absolute Gasteiger partial charge is 0.504 e. The van der Waals surface area contributed by atoms with Gasteiger partial charge in [-0.2, -0.15) is 0 Å². The molecule has 2 aromatic heterocycles. The van der Waals surface area contributed by atoms with E-state index in [9.17, 15) is 93.2 Å². The molecule has 0 bridgehead atoms. The first-order valence-corrected chi connectivity index (χ1v) is 34.9. The number of aromatic hydroxyl groups is 1. The van der Waals surface area contributed by atoms with Crippen molar-refractivity contribution in [2.75, 3.05) is 70.5 Å². The van der Waals surface area contributed by atoms with E-state index < -0.39 is 201 Å². The van der Waals surface area contributed by atoms with Crippen LogP contribution >= 0.6 is 22.5 Å². The molecular formula is C63H89N13O20S2. The van der Waals surface area contributed by atoms with Crippen molar-refractivity contribution in [3.63, 3.8) is 0 Å². The van der Waals surface area contributed by atoms with Gasteiger partial charge in [0.1, 0.15) is 52.1 Å². The van der Waals surface area contributed by atoms with E-state index in [2.05, 4.69) is 63.0 Å². The number of rotatable bonds is 19. The molecule has 4 aliphatic heterocycles. The molecule has 1 saturated carbocycles. The van der Waals surface area contributed by atoms with E-state index in [0.29, 0.717) is 21.6 Å². The number of hydrogen-bond donors (Lipinski definition) is 18. The van der Waals surface area contributed by atoms with Crippen LogP contribution in [0.1, 0.15) is 81.6 Å². The maximum Gasteiger partial charge on any atom is 0.266 e. The summed E-state index contributed by atoms with van der Waals surface area (Å²) in [6, 6.07) is 1.13. The molecule has 1 aliphatic carbocycles. The van der Waals surface area contributed by atoms with Gasteiger partial charge in [0.25, 0.3) is 17.1 Å². The van der Waals surface area contributed by atoms with Crippen LogP contribution < -0.4 is 41.0 Å². The Morgan fingerprint density at radius 1 is 0.735 bits per heavy atom. The van der Waals surface area contributed by atoms with E-state index in [4.69, 9.17) is 4.98 Å². The van der Waals surface area contributed by atoms with Crippen molar-refractivity contribution in [1.82, 2.24) is 61.8 Å². The molecule has 5 aliphatic rings. The number of β-amino-alcohol motifs (C(OH)–C–C–N with tert-alkyl or cyclic N) is 1. The number of fused-ring (bicyclic) bond motifs is 2. The first-order valence-electron chi connectivity index (χ1n) is 32.6. The summed E-state index contributed by atoms with van der Waals surface area (Å²) in [7, 11) is 0. The number of aliphatic hydroxyl groups is 8. The number of anilines is 1. The van der Waals surface area contributed by atoms with Gasteiger partial charge in [0, 0.05) is 99.9 Å². The van der Waals surface area contributed by atoms with Gasteiger partial charge in [0.2, 0.25) is 35.4 Å². The molecule has 0 spiro atoms. The predicted octanol–water partition coefficient (Wildman–Crippen LogP) is -2.53. The second-order valence-electron chi connectivity index (χ2n) is 26.0. The zero-order chi connectivity index (χ0) is 70.9. The number of amides is 7. The Labute approximate surface area is 570 Å². The van der Waals surface area contributed by atoms with Crippen LogP contribution in [0.15, 0.2) is 60.8 Å². The minimum atomic E-state index is -4.74. The molecule has 7 amide bonds. The van der Waals surface area contributed by atoms with E-state index in [0.717, 1.165) is 72.3 Å². The number of nitrogens with zero attached hydrogens (tertiary/aromatic N) is 7. The third kappa shape index (κ3) is 18.7. The van der Waals surface area contributed by atoms with E-state index in [1.165, 1.54) is 62.1 Å². The summed E-state index contributed by atoms with van der Waals surface area (Å²) >= 11 is -3.45. The monoisotopic (exact) mass is 1410 g/mol. The Morgan fingerprint density at radius 2 is 1.38 bits per heavy atom. The lowest BCUT2D eigenvalue weighted by molar-refractivity contribution is -0.147. The van der Waals surface area contributed by atoms with Crippen molar-refractivity contribution in [3.05, 3.63) is 71.9 Å². The summed E-state index contributed by atoms with van der Waals surface area (Å²) < 4.78 is 33.4. The van der Waals surface area contributed by atoms with Crippen LogP contribution in [-0.2, 0) is 35.2 Å². The van der Waals surface area contributed by atoms with Gasteiger partial charge >= 0.3 is 0 Å². The number of hydrogen-bond acceptors (Lipinski definition) is 27. The van der Waals surface area contributed by atoms with Gasteiger partial charge in [0.15, 0.2) is 11.5 Å². The van der Waals surface area contributed by atoms with Crippen LogP contribution in [0.3, 0.4) is 0 Å². The molecule has 35 heteroatoms. The van der Waals surface area contributed by atoms with Crippen molar-refractivity contribution in [1.29, 1.82) is 0 Å². The molecule has 18 N–H and O–H groups in total. The minimum absolute atomic E-state index is 0.00188. The van der Waals surface area contributed by atoms with Crippen molar-refractivity contribution in [2.24, 2.45) is 11.8 Å². The fraction of sp³-hybridized carbons (Fsp3) is 0.587. The Hall–Kier alpha value is -7.33. The van der Waals surface area contributed by atoms with Crippen LogP contribution in [0.4, 0.5) is 5.82 Å². The number of piperazine rings is 1. The zero-order valence-corrected chi connectivity index (χ0v) is 56.0. The first-order chi connectivity index (χ1) is 46.6. The van der Waals surface area contributed by atoms with Gasteiger partial charge in [-0.05, 0) is 93.5 Å². The third-order valence-corrected chi connectivity index (χ3v) is 20.1. The zero-order valence-electron chi connectivity index (χ0n) is 54.3. The molecular weight excluding hydrogens is 1320 g/mol. The minimum Gasteiger partial charge on any atom is -0.504 e. The van der Waals surface area contributed by atoms with Crippen molar-refractivity contribution in [2.45, 2.75) is 157 Å². The SMILES string of the molecule is CC1CCC(N2CCN(c3ccc(-c4nnc(-c5ccc(C(=O)N[C@H]6C[C@@H](O)CNC(=O)[C@@H]7[C@@H](O)[C@@H](C)CN7C(=O)[C@H]([C@H](O)CCNC(CO)CO)NC(=O)[C@H]([C@H](O)Cc7ccc(O)c(OS(O)(O)O)c7)NC(=O)[C@@H]7C[C@@H](O)CN7C(=O)[C@H]([C@@H](C)O)NC6=O)cc5)s4)cn3)CC2)CC1.